The van der Waals surface area contributed by atoms with Crippen molar-refractivity contribution >= 4 is 11.7 Å². The molecule has 1 amide bonds. The number of hydrogen-bond acceptors (Lipinski definition) is 4. The topological polar surface area (TPSA) is 58.1 Å². The Labute approximate surface area is 160 Å². The molecule has 0 bridgehead atoms. The molecule has 2 aromatic heterocycles. The fraction of sp³-hybridized carbons (Fsp3) is 0.227. The Balaban J connectivity index is 1.52. The molecule has 5 heteroatoms. The van der Waals surface area contributed by atoms with Crippen LogP contribution in [0.15, 0.2) is 67.1 Å². The Morgan fingerprint density at radius 1 is 1.00 bits per heavy atom. The zero-order valence-corrected chi connectivity index (χ0v) is 15.7. The summed E-state index contributed by atoms with van der Waals surface area (Å²) in [4.78, 5) is 22.6. The lowest BCUT2D eigenvalue weighted by Gasteiger charge is -2.17. The van der Waals surface area contributed by atoms with Gasteiger partial charge in [-0.1, -0.05) is 29.8 Å². The first-order valence-corrected chi connectivity index (χ1v) is 9.01. The second-order valence-corrected chi connectivity index (χ2v) is 6.60. The largest absolute Gasteiger partial charge is 0.366 e. The molecule has 5 nitrogen and oxygen atoms in total. The van der Waals surface area contributed by atoms with Crippen LogP contribution in [0.4, 0.5) is 5.82 Å². The fourth-order valence-corrected chi connectivity index (χ4v) is 2.69. The van der Waals surface area contributed by atoms with E-state index < -0.39 is 0 Å². The monoisotopic (exact) mass is 360 g/mol. The maximum atomic E-state index is 12.5. The van der Waals surface area contributed by atoms with Crippen LogP contribution in [-0.2, 0) is 13.0 Å². The minimum absolute atomic E-state index is 0.0263. The number of aromatic nitrogens is 2. The van der Waals surface area contributed by atoms with Gasteiger partial charge in [-0.3, -0.25) is 9.78 Å². The lowest BCUT2D eigenvalue weighted by Crippen LogP contribution is -2.29. The van der Waals surface area contributed by atoms with Crippen molar-refractivity contribution in [3.05, 3.63) is 89.4 Å². The van der Waals surface area contributed by atoms with Gasteiger partial charge in [-0.15, -0.1) is 0 Å². The first-order chi connectivity index (χ1) is 13.1. The Kier molecular flexibility index (Phi) is 6.15. The third-order valence-corrected chi connectivity index (χ3v) is 4.44. The molecule has 27 heavy (non-hydrogen) atoms. The normalized spacial score (nSPS) is 10.4. The molecule has 0 aliphatic rings. The zero-order chi connectivity index (χ0) is 19.1. The lowest BCUT2D eigenvalue weighted by molar-refractivity contribution is 0.0796. The van der Waals surface area contributed by atoms with E-state index >= 15 is 0 Å². The number of nitrogens with one attached hydrogen (secondary N) is 1. The zero-order valence-electron chi connectivity index (χ0n) is 15.7. The quantitative estimate of drug-likeness (QED) is 0.698. The van der Waals surface area contributed by atoms with Gasteiger partial charge in [0, 0.05) is 38.7 Å². The van der Waals surface area contributed by atoms with Crippen LogP contribution < -0.4 is 5.32 Å². The fourth-order valence-electron chi connectivity index (χ4n) is 2.69. The number of benzene rings is 1. The van der Waals surface area contributed by atoms with Gasteiger partial charge in [0.1, 0.15) is 5.82 Å². The summed E-state index contributed by atoms with van der Waals surface area (Å²) >= 11 is 0. The summed E-state index contributed by atoms with van der Waals surface area (Å²) in [5.41, 5.74) is 4.19. The van der Waals surface area contributed by atoms with Crippen LogP contribution in [0.1, 0.15) is 27.0 Å². The molecule has 3 aromatic rings. The predicted molar refractivity (Wildman–Crippen MR) is 108 cm³/mol. The van der Waals surface area contributed by atoms with Gasteiger partial charge in [-0.2, -0.15) is 0 Å². The highest BCUT2D eigenvalue weighted by atomic mass is 16.2. The van der Waals surface area contributed by atoms with E-state index in [0.717, 1.165) is 12.2 Å². The maximum Gasteiger partial charge on any atom is 0.255 e. The molecule has 2 heterocycles. The van der Waals surface area contributed by atoms with Crippen molar-refractivity contribution in [2.45, 2.75) is 19.9 Å². The minimum Gasteiger partial charge on any atom is -0.366 e. The summed E-state index contributed by atoms with van der Waals surface area (Å²) in [7, 11) is 1.81. The SMILES string of the molecule is Cc1ccc(CNc2ccc(C(=O)N(C)CCc3ccncc3)cn2)cc1. The van der Waals surface area contributed by atoms with Crippen molar-refractivity contribution in [1.82, 2.24) is 14.9 Å². The van der Waals surface area contributed by atoms with E-state index in [-0.39, 0.29) is 5.91 Å². The number of carbonyl (C=O) groups is 1. The molecule has 1 N–H and O–H groups in total. The number of nitrogens with zero attached hydrogens (tertiary/aromatic N) is 3. The highest BCUT2D eigenvalue weighted by molar-refractivity contribution is 5.93. The van der Waals surface area contributed by atoms with Gasteiger partial charge in [0.25, 0.3) is 5.91 Å². The Hall–Kier alpha value is -3.21. The first-order valence-electron chi connectivity index (χ1n) is 9.01. The minimum atomic E-state index is -0.0263. The van der Waals surface area contributed by atoms with Crippen LogP contribution in [0.5, 0.6) is 0 Å². The molecule has 0 unspecified atom stereocenters. The van der Waals surface area contributed by atoms with E-state index in [2.05, 4.69) is 46.5 Å². The molecule has 0 aliphatic heterocycles. The van der Waals surface area contributed by atoms with Crippen molar-refractivity contribution in [1.29, 1.82) is 0 Å². The predicted octanol–water partition coefficient (Wildman–Crippen LogP) is 3.71. The van der Waals surface area contributed by atoms with Crippen LogP contribution in [0, 0.1) is 6.92 Å². The summed E-state index contributed by atoms with van der Waals surface area (Å²) in [6.07, 6.45) is 5.96. The number of rotatable bonds is 7. The molecule has 0 saturated heterocycles. The molecule has 138 valence electrons. The van der Waals surface area contributed by atoms with E-state index in [0.29, 0.717) is 18.7 Å². The summed E-state index contributed by atoms with van der Waals surface area (Å²) in [6.45, 7) is 3.42. The van der Waals surface area contributed by atoms with Gasteiger partial charge < -0.3 is 10.2 Å². The standard InChI is InChI=1S/C22H24N4O/c1-17-3-5-19(6-4-17)15-24-21-8-7-20(16-25-21)22(27)26(2)14-11-18-9-12-23-13-10-18/h3-10,12-13,16H,11,14-15H2,1-2H3,(H,24,25). The van der Waals surface area contributed by atoms with Crippen molar-refractivity contribution in [3.8, 4) is 0 Å². The first kappa shape index (κ1) is 18.6. The molecule has 0 radical (unpaired) electrons. The number of hydrogen-bond donors (Lipinski definition) is 1. The van der Waals surface area contributed by atoms with E-state index in [4.69, 9.17) is 0 Å². The van der Waals surface area contributed by atoms with Gasteiger partial charge in [0.15, 0.2) is 0 Å². The van der Waals surface area contributed by atoms with Crippen LogP contribution in [0.3, 0.4) is 0 Å². The van der Waals surface area contributed by atoms with Gasteiger partial charge in [0.05, 0.1) is 5.56 Å². The van der Waals surface area contributed by atoms with E-state index in [9.17, 15) is 4.79 Å². The van der Waals surface area contributed by atoms with Crippen LogP contribution >= 0.6 is 0 Å². The van der Waals surface area contributed by atoms with Crippen molar-refractivity contribution in [3.63, 3.8) is 0 Å². The second kappa shape index (κ2) is 8.94. The van der Waals surface area contributed by atoms with Crippen molar-refractivity contribution < 1.29 is 4.79 Å². The molecule has 0 spiro atoms. The smallest absolute Gasteiger partial charge is 0.255 e. The van der Waals surface area contributed by atoms with Gasteiger partial charge in [-0.05, 0) is 48.7 Å². The molecule has 0 saturated carbocycles. The molecule has 1 aromatic carbocycles. The number of amides is 1. The van der Waals surface area contributed by atoms with Crippen LogP contribution in [0.25, 0.3) is 0 Å². The molecular formula is C22H24N4O. The van der Waals surface area contributed by atoms with E-state index in [1.165, 1.54) is 16.7 Å². The average molecular weight is 360 g/mol. The average Bonchev–Trinajstić information content (AvgIpc) is 2.72. The molecule has 0 atom stereocenters. The Morgan fingerprint density at radius 3 is 2.41 bits per heavy atom. The number of likely N-dealkylation sites (N-methyl/N-ethyl adjacent to an activating group) is 1. The number of pyridine rings is 2. The van der Waals surface area contributed by atoms with Crippen LogP contribution in [-0.4, -0.2) is 34.4 Å². The summed E-state index contributed by atoms with van der Waals surface area (Å²) in [6, 6.07) is 16.0. The Bertz CT molecular complexity index is 861. The Morgan fingerprint density at radius 2 is 1.74 bits per heavy atom. The maximum absolute atomic E-state index is 12.5. The molecule has 0 aliphatic carbocycles. The van der Waals surface area contributed by atoms with Crippen molar-refractivity contribution in [2.75, 3.05) is 18.9 Å². The van der Waals surface area contributed by atoms with Crippen LogP contribution in [0.2, 0.25) is 0 Å². The highest BCUT2D eigenvalue weighted by Gasteiger charge is 2.12. The van der Waals surface area contributed by atoms with E-state index in [1.54, 1.807) is 23.5 Å². The second-order valence-electron chi connectivity index (χ2n) is 6.60. The molecular weight excluding hydrogens is 336 g/mol. The summed E-state index contributed by atoms with van der Waals surface area (Å²) in [5.74, 6) is 0.730. The highest BCUT2D eigenvalue weighted by Crippen LogP contribution is 2.10. The van der Waals surface area contributed by atoms with Gasteiger partial charge in [-0.25, -0.2) is 4.98 Å². The lowest BCUT2D eigenvalue weighted by atomic mass is 10.1. The number of aryl methyl sites for hydroxylation is 1. The van der Waals surface area contributed by atoms with Gasteiger partial charge in [0.2, 0.25) is 0 Å². The van der Waals surface area contributed by atoms with Gasteiger partial charge >= 0.3 is 0 Å². The number of carbonyl (C=O) groups excluding carboxylic acids is 1. The van der Waals surface area contributed by atoms with Crippen molar-refractivity contribution in [2.24, 2.45) is 0 Å². The molecule has 3 rings (SSSR count). The summed E-state index contributed by atoms with van der Waals surface area (Å²) in [5, 5.41) is 3.28. The summed E-state index contributed by atoms with van der Waals surface area (Å²) < 4.78 is 0. The van der Waals surface area contributed by atoms with E-state index in [1.807, 2.05) is 31.3 Å². The number of anilines is 1. The third-order valence-electron chi connectivity index (χ3n) is 4.44. The third kappa shape index (κ3) is 5.38. The molecule has 0 fully saturated rings.